The minimum absolute atomic E-state index is 0.194. The van der Waals surface area contributed by atoms with Crippen molar-refractivity contribution in [1.82, 2.24) is 4.72 Å². The maximum atomic E-state index is 12.8. The van der Waals surface area contributed by atoms with Gasteiger partial charge in [-0.3, -0.25) is 9.59 Å². The Labute approximate surface area is 196 Å². The zero-order valence-corrected chi connectivity index (χ0v) is 19.0. The predicted octanol–water partition coefficient (Wildman–Crippen LogP) is 3.22. The van der Waals surface area contributed by atoms with E-state index in [4.69, 9.17) is 27.9 Å². The third kappa shape index (κ3) is 7.57. The molecule has 2 rings (SSSR count). The van der Waals surface area contributed by atoms with Gasteiger partial charge in [0.05, 0.1) is 27.3 Å². The average molecular weight is 529 g/mol. The van der Waals surface area contributed by atoms with Crippen LogP contribution in [0.4, 0.5) is 18.9 Å². The van der Waals surface area contributed by atoms with E-state index in [1.807, 2.05) is 4.72 Å². The first kappa shape index (κ1) is 26.9. The number of carbonyl (C=O) groups excluding carboxylic acids is 2. The molecule has 0 aliphatic rings. The Balaban J connectivity index is 2.05. The highest BCUT2D eigenvalue weighted by atomic mass is 35.5. The molecule has 1 amide bonds. The van der Waals surface area contributed by atoms with Crippen molar-refractivity contribution in [3.63, 3.8) is 0 Å². The van der Waals surface area contributed by atoms with Crippen LogP contribution in [0, 0.1) is 0 Å². The van der Waals surface area contributed by atoms with Gasteiger partial charge in [0, 0.05) is 5.02 Å². The standard InChI is InChI=1S/C19H17Cl2F3N2O6S/c1-10(27)17(26-33(30,31)13-5-3-12(20)4-6-13)18(29)32-9-16(28)25-15-8-11(19(22,23)24)2-7-14(15)21/h2-8,10,17,26-27H,9H2,1H3,(H,25,28)/t10-,17+/m0/s1. The van der Waals surface area contributed by atoms with Crippen LogP contribution < -0.4 is 10.0 Å². The highest BCUT2D eigenvalue weighted by Crippen LogP contribution is 2.33. The average Bonchev–Trinajstić information content (AvgIpc) is 2.71. The molecule has 33 heavy (non-hydrogen) atoms. The van der Waals surface area contributed by atoms with Gasteiger partial charge in [0.1, 0.15) is 6.04 Å². The molecule has 0 spiro atoms. The van der Waals surface area contributed by atoms with Gasteiger partial charge in [-0.15, -0.1) is 0 Å². The molecule has 0 saturated carbocycles. The first-order chi connectivity index (χ1) is 15.2. The van der Waals surface area contributed by atoms with Crippen LogP contribution in [0.15, 0.2) is 47.4 Å². The molecule has 0 fully saturated rings. The van der Waals surface area contributed by atoms with E-state index in [0.717, 1.165) is 19.1 Å². The predicted molar refractivity (Wildman–Crippen MR) is 113 cm³/mol. The lowest BCUT2D eigenvalue weighted by molar-refractivity contribution is -0.151. The maximum absolute atomic E-state index is 12.8. The number of amides is 1. The second kappa shape index (κ2) is 10.7. The van der Waals surface area contributed by atoms with Crippen LogP contribution in [-0.4, -0.2) is 44.2 Å². The molecule has 0 radical (unpaired) electrons. The van der Waals surface area contributed by atoms with Crippen molar-refractivity contribution in [2.45, 2.75) is 30.1 Å². The van der Waals surface area contributed by atoms with Crippen molar-refractivity contribution < 1.29 is 41.0 Å². The van der Waals surface area contributed by atoms with Gasteiger partial charge in [0.25, 0.3) is 5.91 Å². The fourth-order valence-electron chi connectivity index (χ4n) is 2.40. The van der Waals surface area contributed by atoms with Crippen LogP contribution in [-0.2, 0) is 30.5 Å². The minimum atomic E-state index is -4.68. The maximum Gasteiger partial charge on any atom is 0.416 e. The molecule has 2 aromatic carbocycles. The van der Waals surface area contributed by atoms with E-state index in [1.54, 1.807) is 0 Å². The summed E-state index contributed by atoms with van der Waals surface area (Å²) in [5, 5.41) is 11.9. The van der Waals surface area contributed by atoms with Crippen molar-refractivity contribution >= 4 is 50.8 Å². The summed E-state index contributed by atoms with van der Waals surface area (Å²) in [5.41, 5.74) is -1.44. The van der Waals surface area contributed by atoms with Gasteiger partial charge >= 0.3 is 12.1 Å². The van der Waals surface area contributed by atoms with Crippen LogP contribution in [0.2, 0.25) is 10.0 Å². The molecule has 0 aromatic heterocycles. The van der Waals surface area contributed by atoms with Gasteiger partial charge in [-0.1, -0.05) is 23.2 Å². The molecule has 0 unspecified atom stereocenters. The summed E-state index contributed by atoms with van der Waals surface area (Å²) in [6.45, 7) is 0.121. The summed E-state index contributed by atoms with van der Waals surface area (Å²) in [6, 6.07) is 5.41. The van der Waals surface area contributed by atoms with E-state index in [2.05, 4.69) is 5.32 Å². The van der Waals surface area contributed by atoms with Crippen molar-refractivity contribution in [3.05, 3.63) is 58.1 Å². The van der Waals surface area contributed by atoms with E-state index in [1.165, 1.54) is 24.3 Å². The molecule has 8 nitrogen and oxygen atoms in total. The SMILES string of the molecule is C[C@H](O)[C@@H](NS(=O)(=O)c1ccc(Cl)cc1)C(=O)OCC(=O)Nc1cc(C(F)(F)F)ccc1Cl. The lowest BCUT2D eigenvalue weighted by Gasteiger charge is -2.20. The number of aliphatic hydroxyl groups excluding tert-OH is 1. The zero-order valence-electron chi connectivity index (χ0n) is 16.7. The number of anilines is 1. The number of hydrogen-bond donors (Lipinski definition) is 3. The molecule has 0 heterocycles. The summed E-state index contributed by atoms with van der Waals surface area (Å²) in [6.07, 6.45) is -6.23. The van der Waals surface area contributed by atoms with E-state index in [9.17, 15) is 36.3 Å². The largest absolute Gasteiger partial charge is 0.454 e. The van der Waals surface area contributed by atoms with Gasteiger partial charge in [-0.2, -0.15) is 17.9 Å². The summed E-state index contributed by atoms with van der Waals surface area (Å²) in [4.78, 5) is 24.0. The topological polar surface area (TPSA) is 122 Å². The Morgan fingerprint density at radius 2 is 1.73 bits per heavy atom. The second-order valence-corrected chi connectivity index (χ2v) is 9.20. The Kier molecular flexibility index (Phi) is 8.71. The number of benzene rings is 2. The lowest BCUT2D eigenvalue weighted by atomic mass is 10.2. The Bertz CT molecular complexity index is 1130. The van der Waals surface area contributed by atoms with Gasteiger partial charge in [-0.25, -0.2) is 8.42 Å². The van der Waals surface area contributed by atoms with Gasteiger partial charge in [-0.05, 0) is 49.4 Å². The quantitative estimate of drug-likeness (QED) is 0.452. The molecule has 180 valence electrons. The third-order valence-corrected chi connectivity index (χ3v) is 6.09. The fraction of sp³-hybridized carbons (Fsp3) is 0.263. The van der Waals surface area contributed by atoms with Crippen LogP contribution in [0.25, 0.3) is 0 Å². The smallest absolute Gasteiger partial charge is 0.416 e. The first-order valence-electron chi connectivity index (χ1n) is 9.00. The fourth-order valence-corrected chi connectivity index (χ4v) is 3.95. The van der Waals surface area contributed by atoms with Crippen molar-refractivity contribution in [2.24, 2.45) is 0 Å². The molecule has 0 bridgehead atoms. The number of carbonyl (C=O) groups is 2. The number of sulfonamides is 1. The van der Waals surface area contributed by atoms with Crippen LogP contribution in [0.1, 0.15) is 12.5 Å². The van der Waals surface area contributed by atoms with Gasteiger partial charge in [0.2, 0.25) is 10.0 Å². The van der Waals surface area contributed by atoms with Gasteiger partial charge in [0.15, 0.2) is 6.61 Å². The number of aliphatic hydroxyl groups is 1. The number of rotatable bonds is 8. The molecule has 14 heteroatoms. The van der Waals surface area contributed by atoms with Crippen molar-refractivity contribution in [3.8, 4) is 0 Å². The highest BCUT2D eigenvalue weighted by molar-refractivity contribution is 7.89. The second-order valence-electron chi connectivity index (χ2n) is 6.64. The Morgan fingerprint density at radius 1 is 1.12 bits per heavy atom. The Hall–Kier alpha value is -2.38. The van der Waals surface area contributed by atoms with Gasteiger partial charge < -0.3 is 15.2 Å². The van der Waals surface area contributed by atoms with Crippen LogP contribution in [0.5, 0.6) is 0 Å². The molecular weight excluding hydrogens is 512 g/mol. The summed E-state index contributed by atoms with van der Waals surface area (Å²) in [5.74, 6) is -2.35. The third-order valence-electron chi connectivity index (χ3n) is 4.06. The normalized spacial score (nSPS) is 13.8. The van der Waals surface area contributed by atoms with E-state index in [-0.39, 0.29) is 20.6 Å². The van der Waals surface area contributed by atoms with Crippen molar-refractivity contribution in [1.29, 1.82) is 0 Å². The minimum Gasteiger partial charge on any atom is -0.454 e. The number of ether oxygens (including phenoxy) is 1. The molecule has 0 aliphatic heterocycles. The molecule has 2 atom stereocenters. The number of esters is 1. The van der Waals surface area contributed by atoms with Crippen molar-refractivity contribution in [2.75, 3.05) is 11.9 Å². The van der Waals surface area contributed by atoms with E-state index >= 15 is 0 Å². The number of nitrogens with one attached hydrogen (secondary N) is 2. The molecule has 0 aliphatic carbocycles. The van der Waals surface area contributed by atoms with E-state index in [0.29, 0.717) is 6.07 Å². The number of alkyl halides is 3. The molecule has 0 saturated heterocycles. The highest BCUT2D eigenvalue weighted by Gasteiger charge is 2.32. The molecule has 2 aromatic rings. The molecule has 3 N–H and O–H groups in total. The van der Waals surface area contributed by atoms with Crippen LogP contribution in [0.3, 0.4) is 0 Å². The zero-order chi connectivity index (χ0) is 25.0. The number of halogens is 5. The van der Waals surface area contributed by atoms with Crippen LogP contribution >= 0.6 is 23.2 Å². The summed E-state index contributed by atoms with van der Waals surface area (Å²) in [7, 11) is -4.27. The summed E-state index contributed by atoms with van der Waals surface area (Å²) >= 11 is 11.5. The van der Waals surface area contributed by atoms with E-state index < -0.39 is 52.4 Å². The summed E-state index contributed by atoms with van der Waals surface area (Å²) < 4.78 is 70.0. The number of hydrogen-bond acceptors (Lipinski definition) is 6. The lowest BCUT2D eigenvalue weighted by Crippen LogP contribution is -2.48. The monoisotopic (exact) mass is 528 g/mol. The molecular formula is C19H17Cl2F3N2O6S. The Morgan fingerprint density at radius 3 is 2.27 bits per heavy atom. The first-order valence-corrected chi connectivity index (χ1v) is 11.2.